The molecule has 0 saturated heterocycles. The first-order chi connectivity index (χ1) is 13.1. The van der Waals surface area contributed by atoms with Crippen molar-refractivity contribution in [1.82, 2.24) is 15.8 Å². The third-order valence-electron chi connectivity index (χ3n) is 3.66. The number of halogens is 1. The van der Waals surface area contributed by atoms with Gasteiger partial charge < -0.3 is 4.74 Å². The molecule has 3 rings (SSSR count). The van der Waals surface area contributed by atoms with Crippen molar-refractivity contribution in [3.63, 3.8) is 0 Å². The molecule has 0 aliphatic rings. The van der Waals surface area contributed by atoms with Crippen molar-refractivity contribution >= 4 is 27.7 Å². The third kappa shape index (κ3) is 5.15. The largest absolute Gasteiger partial charge is 0.483 e. The number of aromatic nitrogens is 1. The first kappa shape index (κ1) is 18.6. The van der Waals surface area contributed by atoms with E-state index < -0.39 is 11.8 Å². The number of hydrogen-bond acceptors (Lipinski definition) is 4. The van der Waals surface area contributed by atoms with Crippen molar-refractivity contribution in [2.45, 2.75) is 0 Å². The first-order valence-electron chi connectivity index (χ1n) is 8.10. The Kier molecular flexibility index (Phi) is 6.17. The molecule has 27 heavy (non-hydrogen) atoms. The molecule has 0 radical (unpaired) electrons. The molecule has 1 heterocycles. The fraction of sp³-hybridized carbons (Fsp3) is 0.0500. The predicted molar refractivity (Wildman–Crippen MR) is 105 cm³/mol. The van der Waals surface area contributed by atoms with Crippen molar-refractivity contribution < 1.29 is 14.3 Å². The predicted octanol–water partition coefficient (Wildman–Crippen LogP) is 3.35. The summed E-state index contributed by atoms with van der Waals surface area (Å²) in [7, 11) is 0. The van der Waals surface area contributed by atoms with E-state index in [9.17, 15) is 9.59 Å². The van der Waals surface area contributed by atoms with Crippen LogP contribution in [0.2, 0.25) is 0 Å². The lowest BCUT2D eigenvalue weighted by Gasteiger charge is -2.11. The van der Waals surface area contributed by atoms with Crippen LogP contribution in [0.15, 0.2) is 77.5 Å². The Labute approximate surface area is 164 Å². The van der Waals surface area contributed by atoms with Crippen molar-refractivity contribution in [3.8, 4) is 16.9 Å². The molecule has 0 bridgehead atoms. The summed E-state index contributed by atoms with van der Waals surface area (Å²) in [5.74, 6) is -0.374. The molecule has 0 fully saturated rings. The van der Waals surface area contributed by atoms with Crippen LogP contribution in [0.25, 0.3) is 11.1 Å². The van der Waals surface area contributed by atoms with Gasteiger partial charge in [0.1, 0.15) is 5.75 Å². The highest BCUT2D eigenvalue weighted by Crippen LogP contribution is 2.30. The van der Waals surface area contributed by atoms with Gasteiger partial charge in [0, 0.05) is 18.0 Å². The van der Waals surface area contributed by atoms with Crippen molar-refractivity contribution in [1.29, 1.82) is 0 Å². The van der Waals surface area contributed by atoms with Gasteiger partial charge in [-0.05, 0) is 51.3 Å². The third-order valence-corrected chi connectivity index (χ3v) is 4.28. The van der Waals surface area contributed by atoms with Gasteiger partial charge in [0.25, 0.3) is 11.8 Å². The van der Waals surface area contributed by atoms with E-state index in [0.717, 1.165) is 15.6 Å². The van der Waals surface area contributed by atoms with Crippen LogP contribution in [-0.2, 0) is 4.79 Å². The van der Waals surface area contributed by atoms with Crippen LogP contribution in [0, 0.1) is 0 Å². The molecule has 0 aliphatic carbocycles. The minimum Gasteiger partial charge on any atom is -0.483 e. The van der Waals surface area contributed by atoms with Crippen LogP contribution in [-0.4, -0.2) is 23.4 Å². The van der Waals surface area contributed by atoms with E-state index in [0.29, 0.717) is 11.3 Å². The van der Waals surface area contributed by atoms with E-state index in [-0.39, 0.29) is 6.61 Å². The smallest absolute Gasteiger partial charge is 0.276 e. The fourth-order valence-corrected chi connectivity index (χ4v) is 2.80. The Hall–Kier alpha value is -3.19. The van der Waals surface area contributed by atoms with Gasteiger partial charge in [-0.15, -0.1) is 0 Å². The monoisotopic (exact) mass is 425 g/mol. The van der Waals surface area contributed by atoms with Crippen LogP contribution in [0.3, 0.4) is 0 Å². The van der Waals surface area contributed by atoms with Gasteiger partial charge in [-0.25, -0.2) is 0 Å². The normalized spacial score (nSPS) is 10.1. The summed E-state index contributed by atoms with van der Waals surface area (Å²) in [6, 6.07) is 18.6. The second-order valence-corrected chi connectivity index (χ2v) is 6.39. The first-order valence-corrected chi connectivity index (χ1v) is 8.90. The van der Waals surface area contributed by atoms with Crippen molar-refractivity contribution in [2.24, 2.45) is 0 Å². The van der Waals surface area contributed by atoms with Crippen molar-refractivity contribution in [2.75, 3.05) is 6.61 Å². The van der Waals surface area contributed by atoms with E-state index in [1.165, 1.54) is 12.4 Å². The summed E-state index contributed by atoms with van der Waals surface area (Å²) in [4.78, 5) is 27.5. The number of ether oxygens (including phenoxy) is 1. The fourth-order valence-electron chi connectivity index (χ4n) is 2.31. The van der Waals surface area contributed by atoms with Gasteiger partial charge in [-0.1, -0.05) is 36.4 Å². The highest BCUT2D eigenvalue weighted by atomic mass is 79.9. The molecule has 6 nitrogen and oxygen atoms in total. The summed E-state index contributed by atoms with van der Waals surface area (Å²) >= 11 is 3.45. The number of nitrogens with zero attached hydrogens (tertiary/aromatic N) is 1. The topological polar surface area (TPSA) is 80.3 Å². The molecule has 7 heteroatoms. The van der Waals surface area contributed by atoms with Gasteiger partial charge in [-0.2, -0.15) is 0 Å². The van der Waals surface area contributed by atoms with Gasteiger partial charge in [0.05, 0.1) is 4.47 Å². The van der Waals surface area contributed by atoms with Gasteiger partial charge >= 0.3 is 0 Å². The lowest BCUT2D eigenvalue weighted by Crippen LogP contribution is -2.43. The lowest BCUT2D eigenvalue weighted by molar-refractivity contribution is -0.123. The molecular weight excluding hydrogens is 410 g/mol. The Morgan fingerprint density at radius 3 is 2.37 bits per heavy atom. The molecule has 0 aliphatic heterocycles. The zero-order chi connectivity index (χ0) is 19.1. The minimum atomic E-state index is -0.476. The maximum Gasteiger partial charge on any atom is 0.276 e. The SMILES string of the molecule is O=C(COc1ccc(-c2ccccc2)cc1Br)NNC(=O)c1ccncc1. The molecule has 0 saturated carbocycles. The number of amides is 2. The Morgan fingerprint density at radius 2 is 1.67 bits per heavy atom. The zero-order valence-electron chi connectivity index (χ0n) is 14.2. The Balaban J connectivity index is 1.52. The van der Waals surface area contributed by atoms with Crippen LogP contribution >= 0.6 is 15.9 Å². The second kappa shape index (κ2) is 8.95. The minimum absolute atomic E-state index is 0.236. The molecule has 1 aromatic heterocycles. The van der Waals surface area contributed by atoms with E-state index in [1.807, 2.05) is 42.5 Å². The number of carbonyl (C=O) groups is 2. The number of pyridine rings is 1. The van der Waals surface area contributed by atoms with Crippen LogP contribution in [0.4, 0.5) is 0 Å². The molecule has 3 aromatic rings. The number of benzene rings is 2. The highest BCUT2D eigenvalue weighted by molar-refractivity contribution is 9.10. The van der Waals surface area contributed by atoms with E-state index >= 15 is 0 Å². The van der Waals surface area contributed by atoms with E-state index in [1.54, 1.807) is 18.2 Å². The molecule has 0 spiro atoms. The summed E-state index contributed by atoms with van der Waals surface area (Å²) in [6.07, 6.45) is 2.99. The number of nitrogens with one attached hydrogen (secondary N) is 2. The summed E-state index contributed by atoms with van der Waals surface area (Å²) in [6.45, 7) is -0.236. The Morgan fingerprint density at radius 1 is 0.926 bits per heavy atom. The van der Waals surface area contributed by atoms with E-state index in [2.05, 4.69) is 31.8 Å². The number of hydrogen-bond donors (Lipinski definition) is 2. The van der Waals surface area contributed by atoms with Crippen LogP contribution < -0.4 is 15.6 Å². The standard InChI is InChI=1S/C20H16BrN3O3/c21-17-12-16(14-4-2-1-3-5-14)6-7-18(17)27-13-19(25)23-24-20(26)15-8-10-22-11-9-15/h1-12H,13H2,(H,23,25)(H,24,26). The maximum absolute atomic E-state index is 11.9. The Bertz CT molecular complexity index is 934. The highest BCUT2D eigenvalue weighted by Gasteiger charge is 2.09. The molecule has 2 N–H and O–H groups in total. The lowest BCUT2D eigenvalue weighted by atomic mass is 10.1. The maximum atomic E-state index is 11.9. The number of rotatable bonds is 5. The van der Waals surface area contributed by atoms with Gasteiger partial charge in [-0.3, -0.25) is 25.4 Å². The zero-order valence-corrected chi connectivity index (χ0v) is 15.8. The van der Waals surface area contributed by atoms with Crippen LogP contribution in [0.1, 0.15) is 10.4 Å². The molecule has 2 amide bonds. The quantitative estimate of drug-likeness (QED) is 0.614. The molecule has 136 valence electrons. The van der Waals surface area contributed by atoms with Gasteiger partial charge in [0.15, 0.2) is 6.61 Å². The molecule has 2 aromatic carbocycles. The molecular formula is C20H16BrN3O3. The molecule has 0 unspecified atom stereocenters. The average molecular weight is 426 g/mol. The van der Waals surface area contributed by atoms with Crippen molar-refractivity contribution in [3.05, 3.63) is 83.1 Å². The summed E-state index contributed by atoms with van der Waals surface area (Å²) in [5.41, 5.74) is 7.14. The summed E-state index contributed by atoms with van der Waals surface area (Å²) in [5, 5.41) is 0. The number of hydrazine groups is 1. The second-order valence-electron chi connectivity index (χ2n) is 5.54. The average Bonchev–Trinajstić information content (AvgIpc) is 2.72. The summed E-state index contributed by atoms with van der Waals surface area (Å²) < 4.78 is 6.24. The molecule has 0 atom stereocenters. The van der Waals surface area contributed by atoms with Crippen LogP contribution in [0.5, 0.6) is 5.75 Å². The van der Waals surface area contributed by atoms with E-state index in [4.69, 9.17) is 4.74 Å². The van der Waals surface area contributed by atoms with Gasteiger partial charge in [0.2, 0.25) is 0 Å². The number of carbonyl (C=O) groups excluding carboxylic acids is 2.